The minimum Gasteiger partial charge on any atom is -0.497 e. The number of piperidine rings is 1. The van der Waals surface area contributed by atoms with Crippen molar-refractivity contribution in [2.75, 3.05) is 17.3 Å². The number of amides is 2. The van der Waals surface area contributed by atoms with E-state index in [-0.39, 0.29) is 11.8 Å². The van der Waals surface area contributed by atoms with Crippen LogP contribution in [0.5, 0.6) is 5.75 Å². The number of hydrogen-bond acceptors (Lipinski definition) is 6. The van der Waals surface area contributed by atoms with E-state index in [2.05, 4.69) is 15.5 Å². The van der Waals surface area contributed by atoms with Crippen LogP contribution < -0.4 is 15.0 Å². The molecule has 2 heterocycles. The second-order valence-electron chi connectivity index (χ2n) is 7.31. The lowest BCUT2D eigenvalue weighted by atomic mass is 9.83. The maximum atomic E-state index is 13.3. The number of hydrogen-bond donors (Lipinski definition) is 1. The summed E-state index contributed by atoms with van der Waals surface area (Å²) in [6, 6.07) is 16.6. The molecule has 0 spiro atoms. The van der Waals surface area contributed by atoms with Gasteiger partial charge in [-0.3, -0.25) is 9.59 Å². The van der Waals surface area contributed by atoms with Crippen molar-refractivity contribution in [3.05, 3.63) is 65.2 Å². The molecule has 3 aromatic rings. The molecule has 7 nitrogen and oxygen atoms in total. The first-order chi connectivity index (χ1) is 15.1. The van der Waals surface area contributed by atoms with Crippen molar-refractivity contribution in [2.24, 2.45) is 5.92 Å². The molecule has 8 heteroatoms. The van der Waals surface area contributed by atoms with Gasteiger partial charge in [0, 0.05) is 12.1 Å². The van der Waals surface area contributed by atoms with Gasteiger partial charge in [0.1, 0.15) is 10.8 Å². The van der Waals surface area contributed by atoms with Crippen molar-refractivity contribution in [1.82, 2.24) is 10.2 Å². The van der Waals surface area contributed by atoms with Crippen LogP contribution in [0.3, 0.4) is 0 Å². The number of methoxy groups -OCH3 is 1. The molecule has 0 aliphatic carbocycles. The Morgan fingerprint density at radius 3 is 2.55 bits per heavy atom. The average Bonchev–Trinajstić information content (AvgIpc) is 3.27. The quantitative estimate of drug-likeness (QED) is 0.625. The fraction of sp³-hybridized carbons (Fsp3) is 0.304. The summed E-state index contributed by atoms with van der Waals surface area (Å²) >= 11 is 1.38. The van der Waals surface area contributed by atoms with Crippen LogP contribution in [-0.2, 0) is 16.0 Å². The molecule has 1 aromatic heterocycles. The summed E-state index contributed by atoms with van der Waals surface area (Å²) in [7, 11) is 1.60. The van der Waals surface area contributed by atoms with Gasteiger partial charge in [-0.15, -0.1) is 10.2 Å². The lowest BCUT2D eigenvalue weighted by molar-refractivity contribution is -0.125. The highest BCUT2D eigenvalue weighted by Crippen LogP contribution is 2.41. The highest BCUT2D eigenvalue weighted by molar-refractivity contribution is 7.15. The summed E-state index contributed by atoms with van der Waals surface area (Å²) in [5, 5.41) is 12.4. The zero-order valence-electron chi connectivity index (χ0n) is 17.4. The Hall–Kier alpha value is -3.26. The Morgan fingerprint density at radius 2 is 1.90 bits per heavy atom. The van der Waals surface area contributed by atoms with Crippen molar-refractivity contribution in [3.63, 3.8) is 0 Å². The number of ether oxygens (including phenoxy) is 1. The standard InChI is InChI=1S/C23H24N4O3S/c1-3-19-25-26-23(31-19)24-22(29)18-13-14-20(28)27(16-9-11-17(30-2)12-10-16)21(18)15-7-5-4-6-8-15/h4-12,18,21H,3,13-14H2,1-2H3,(H,24,26,29)/t18-,21-/m1/s1. The fourth-order valence-corrected chi connectivity index (χ4v) is 4.57. The van der Waals surface area contributed by atoms with Crippen LogP contribution in [0.25, 0.3) is 0 Å². The average molecular weight is 437 g/mol. The lowest BCUT2D eigenvalue weighted by Crippen LogP contribution is -2.46. The normalized spacial score (nSPS) is 18.6. The van der Waals surface area contributed by atoms with E-state index >= 15 is 0 Å². The number of carbonyl (C=O) groups excluding carboxylic acids is 2. The van der Waals surface area contributed by atoms with E-state index in [9.17, 15) is 9.59 Å². The van der Waals surface area contributed by atoms with E-state index in [4.69, 9.17) is 4.74 Å². The van der Waals surface area contributed by atoms with Gasteiger partial charge in [-0.05, 0) is 42.7 Å². The highest BCUT2D eigenvalue weighted by atomic mass is 32.1. The van der Waals surface area contributed by atoms with E-state index in [1.807, 2.05) is 61.5 Å². The van der Waals surface area contributed by atoms with Crippen molar-refractivity contribution in [2.45, 2.75) is 32.2 Å². The van der Waals surface area contributed by atoms with Crippen molar-refractivity contribution in [1.29, 1.82) is 0 Å². The van der Waals surface area contributed by atoms with Gasteiger partial charge in [-0.1, -0.05) is 48.6 Å². The SMILES string of the molecule is CCc1nnc(NC(=O)[C@@H]2CCC(=O)N(c3ccc(OC)cc3)[C@@H]2c2ccccc2)s1. The minimum atomic E-state index is -0.422. The van der Waals surface area contributed by atoms with E-state index in [0.29, 0.717) is 23.7 Å². The molecule has 1 saturated heterocycles. The van der Waals surface area contributed by atoms with Crippen LogP contribution in [0.1, 0.15) is 36.4 Å². The third-order valence-corrected chi connectivity index (χ3v) is 6.41. The number of benzene rings is 2. The molecular weight excluding hydrogens is 412 g/mol. The van der Waals surface area contributed by atoms with Gasteiger partial charge in [0.2, 0.25) is 16.9 Å². The fourth-order valence-electron chi connectivity index (χ4n) is 3.89. The monoisotopic (exact) mass is 436 g/mol. The predicted octanol–water partition coefficient (Wildman–Crippen LogP) is 4.23. The van der Waals surface area contributed by atoms with Crippen molar-refractivity contribution < 1.29 is 14.3 Å². The summed E-state index contributed by atoms with van der Waals surface area (Å²) in [5.41, 5.74) is 1.65. The molecule has 1 aliphatic heterocycles. The zero-order chi connectivity index (χ0) is 21.8. The summed E-state index contributed by atoms with van der Waals surface area (Å²) in [6.45, 7) is 2.00. The number of aromatic nitrogens is 2. The number of rotatable bonds is 6. The van der Waals surface area contributed by atoms with Crippen LogP contribution in [-0.4, -0.2) is 29.1 Å². The van der Waals surface area contributed by atoms with Gasteiger partial charge in [-0.25, -0.2) is 0 Å². The lowest BCUT2D eigenvalue weighted by Gasteiger charge is -2.40. The predicted molar refractivity (Wildman–Crippen MR) is 120 cm³/mol. The first-order valence-corrected chi connectivity index (χ1v) is 11.1. The molecule has 0 saturated carbocycles. The van der Waals surface area contributed by atoms with Gasteiger partial charge in [0.15, 0.2) is 0 Å². The number of carbonyl (C=O) groups is 2. The molecule has 2 atom stereocenters. The van der Waals surface area contributed by atoms with Gasteiger partial charge < -0.3 is 15.0 Å². The Morgan fingerprint density at radius 1 is 1.16 bits per heavy atom. The van der Waals surface area contributed by atoms with Crippen molar-refractivity contribution in [3.8, 4) is 5.75 Å². The Kier molecular flexibility index (Phi) is 6.27. The Bertz CT molecular complexity index is 1050. The molecule has 0 radical (unpaired) electrons. The van der Waals surface area contributed by atoms with E-state index < -0.39 is 12.0 Å². The first-order valence-electron chi connectivity index (χ1n) is 10.2. The molecule has 0 bridgehead atoms. The summed E-state index contributed by atoms with van der Waals surface area (Å²) in [6.07, 6.45) is 1.53. The molecule has 31 heavy (non-hydrogen) atoms. The molecule has 0 unspecified atom stereocenters. The largest absolute Gasteiger partial charge is 0.497 e. The summed E-state index contributed by atoms with van der Waals surface area (Å²) in [5.74, 6) is 0.129. The molecule has 2 amide bonds. The van der Waals surface area contributed by atoms with Gasteiger partial charge in [0.25, 0.3) is 0 Å². The zero-order valence-corrected chi connectivity index (χ0v) is 18.3. The third-order valence-electron chi connectivity index (χ3n) is 5.43. The molecule has 160 valence electrons. The van der Waals surface area contributed by atoms with E-state index in [1.165, 1.54) is 11.3 Å². The first kappa shape index (κ1) is 21.0. The molecule has 2 aromatic carbocycles. The van der Waals surface area contributed by atoms with Crippen molar-refractivity contribution >= 4 is 34.0 Å². The number of aryl methyl sites for hydroxylation is 1. The Balaban J connectivity index is 1.69. The molecule has 1 fully saturated rings. The number of anilines is 2. The van der Waals surface area contributed by atoms with Crippen LogP contribution in [0.2, 0.25) is 0 Å². The second kappa shape index (κ2) is 9.26. The van der Waals surface area contributed by atoms with E-state index in [1.54, 1.807) is 12.0 Å². The third kappa shape index (κ3) is 4.44. The van der Waals surface area contributed by atoms with Crippen LogP contribution >= 0.6 is 11.3 Å². The van der Waals surface area contributed by atoms with Gasteiger partial charge in [-0.2, -0.15) is 0 Å². The highest BCUT2D eigenvalue weighted by Gasteiger charge is 2.41. The maximum Gasteiger partial charge on any atom is 0.231 e. The minimum absolute atomic E-state index is 0.00717. The Labute approximate surface area is 185 Å². The second-order valence-corrected chi connectivity index (χ2v) is 8.37. The smallest absolute Gasteiger partial charge is 0.231 e. The molecule has 1 aliphatic rings. The summed E-state index contributed by atoms with van der Waals surface area (Å²) < 4.78 is 5.25. The van der Waals surface area contributed by atoms with Gasteiger partial charge in [0.05, 0.1) is 19.1 Å². The molecular formula is C23H24N4O3S. The number of nitrogens with zero attached hydrogens (tertiary/aromatic N) is 3. The molecule has 4 rings (SSSR count). The van der Waals surface area contributed by atoms with E-state index in [0.717, 1.165) is 22.7 Å². The molecule has 1 N–H and O–H groups in total. The van der Waals surface area contributed by atoms with Crippen LogP contribution in [0.4, 0.5) is 10.8 Å². The topological polar surface area (TPSA) is 84.4 Å². The number of nitrogens with one attached hydrogen (secondary N) is 1. The van der Waals surface area contributed by atoms with Crippen LogP contribution in [0, 0.1) is 5.92 Å². The maximum absolute atomic E-state index is 13.3. The summed E-state index contributed by atoms with van der Waals surface area (Å²) in [4.78, 5) is 28.1. The van der Waals surface area contributed by atoms with Crippen LogP contribution in [0.15, 0.2) is 54.6 Å². The van der Waals surface area contributed by atoms with Gasteiger partial charge >= 0.3 is 0 Å².